The maximum Gasteiger partial charge on any atom is 0.319 e. The first-order chi connectivity index (χ1) is 9.06. The summed E-state index contributed by atoms with van der Waals surface area (Å²) >= 11 is 0. The van der Waals surface area contributed by atoms with Crippen molar-refractivity contribution in [2.45, 2.75) is 39.7 Å². The van der Waals surface area contributed by atoms with E-state index in [2.05, 4.69) is 10.6 Å². The van der Waals surface area contributed by atoms with Crippen LogP contribution in [0.1, 0.15) is 32.3 Å². The second kappa shape index (κ2) is 7.79. The molecular weight excluding hydrogens is 240 g/mol. The van der Waals surface area contributed by atoms with Gasteiger partial charge in [-0.15, -0.1) is 0 Å². The van der Waals surface area contributed by atoms with E-state index in [9.17, 15) is 9.90 Å². The minimum Gasteiger partial charge on any atom is -0.391 e. The van der Waals surface area contributed by atoms with Crippen molar-refractivity contribution in [3.05, 3.63) is 29.8 Å². The third-order valence-electron chi connectivity index (χ3n) is 3.34. The molecular formula is C15H24N2O2. The Labute approximate surface area is 115 Å². The zero-order chi connectivity index (χ0) is 14.3. The van der Waals surface area contributed by atoms with Gasteiger partial charge in [0.2, 0.25) is 0 Å². The molecule has 1 unspecified atom stereocenters. The summed E-state index contributed by atoms with van der Waals surface area (Å²) in [7, 11) is 0. The summed E-state index contributed by atoms with van der Waals surface area (Å²) in [5.41, 5.74) is 1.85. The molecule has 106 valence electrons. The lowest BCUT2D eigenvalue weighted by Crippen LogP contribution is -2.38. The van der Waals surface area contributed by atoms with Crippen molar-refractivity contribution in [1.29, 1.82) is 0 Å². The molecule has 1 rings (SSSR count). The highest BCUT2D eigenvalue weighted by Gasteiger charge is 2.16. The van der Waals surface area contributed by atoms with Crippen LogP contribution in [0.2, 0.25) is 0 Å². The second-order valence-electron chi connectivity index (χ2n) is 4.85. The van der Waals surface area contributed by atoms with Gasteiger partial charge in [0.15, 0.2) is 0 Å². The molecule has 1 aromatic carbocycles. The molecule has 4 heteroatoms. The Bertz CT molecular complexity index is 403. The van der Waals surface area contributed by atoms with Gasteiger partial charge in [0.25, 0.3) is 0 Å². The van der Waals surface area contributed by atoms with E-state index in [4.69, 9.17) is 0 Å². The number of hydrogen-bond donors (Lipinski definition) is 3. The monoisotopic (exact) mass is 264 g/mol. The molecule has 0 heterocycles. The van der Waals surface area contributed by atoms with Crippen molar-refractivity contribution in [1.82, 2.24) is 5.32 Å². The lowest BCUT2D eigenvalue weighted by atomic mass is 9.97. The molecule has 0 aliphatic rings. The van der Waals surface area contributed by atoms with Crippen molar-refractivity contribution in [2.24, 2.45) is 5.92 Å². The predicted octanol–water partition coefficient (Wildman–Crippen LogP) is 2.91. The van der Waals surface area contributed by atoms with E-state index in [1.54, 1.807) is 0 Å². The number of rotatable bonds is 6. The number of nitrogens with one attached hydrogen (secondary N) is 2. The minimum atomic E-state index is -0.488. The van der Waals surface area contributed by atoms with Crippen LogP contribution in [-0.4, -0.2) is 23.8 Å². The molecule has 1 aromatic rings. The molecule has 0 spiro atoms. The van der Waals surface area contributed by atoms with E-state index in [0.717, 1.165) is 24.1 Å². The van der Waals surface area contributed by atoms with Gasteiger partial charge in [0, 0.05) is 12.2 Å². The number of hydrogen-bond acceptors (Lipinski definition) is 2. The van der Waals surface area contributed by atoms with E-state index in [1.807, 2.05) is 45.0 Å². The molecule has 1 atom stereocenters. The normalized spacial score (nSPS) is 12.3. The average Bonchev–Trinajstić information content (AvgIpc) is 2.38. The van der Waals surface area contributed by atoms with Crippen LogP contribution in [0.4, 0.5) is 10.5 Å². The van der Waals surface area contributed by atoms with Gasteiger partial charge in [-0.05, 0) is 30.5 Å². The maximum absolute atomic E-state index is 11.7. The van der Waals surface area contributed by atoms with E-state index in [1.165, 1.54) is 0 Å². The predicted molar refractivity (Wildman–Crippen MR) is 78.3 cm³/mol. The molecule has 2 amide bonds. The molecule has 0 radical (unpaired) electrons. The van der Waals surface area contributed by atoms with Gasteiger partial charge in [-0.25, -0.2) is 4.79 Å². The number of aliphatic hydroxyl groups excluding tert-OH is 1. The first kappa shape index (κ1) is 15.5. The lowest BCUT2D eigenvalue weighted by Gasteiger charge is -2.20. The number of aryl methyl sites for hydroxylation is 1. The third kappa shape index (κ3) is 5.30. The summed E-state index contributed by atoms with van der Waals surface area (Å²) in [4.78, 5) is 11.7. The molecule has 0 bridgehead atoms. The molecule has 0 fully saturated rings. The summed E-state index contributed by atoms with van der Waals surface area (Å²) in [6.45, 7) is 6.35. The fraction of sp³-hybridized carbons (Fsp3) is 0.533. The largest absolute Gasteiger partial charge is 0.391 e. The van der Waals surface area contributed by atoms with Gasteiger partial charge >= 0.3 is 6.03 Å². The van der Waals surface area contributed by atoms with Gasteiger partial charge in [0.05, 0.1) is 6.10 Å². The first-order valence-corrected chi connectivity index (χ1v) is 6.86. The molecule has 0 saturated heterocycles. The maximum atomic E-state index is 11.7. The highest BCUT2D eigenvalue weighted by molar-refractivity contribution is 5.89. The zero-order valence-electron chi connectivity index (χ0n) is 11.9. The van der Waals surface area contributed by atoms with Crippen LogP contribution in [-0.2, 0) is 0 Å². The first-order valence-electron chi connectivity index (χ1n) is 6.86. The highest BCUT2D eigenvalue weighted by atomic mass is 16.3. The van der Waals surface area contributed by atoms with Crippen molar-refractivity contribution in [3.63, 3.8) is 0 Å². The second-order valence-corrected chi connectivity index (χ2v) is 4.85. The SMILES string of the molecule is CCC(CC)C(O)CNC(=O)Nc1cccc(C)c1. The number of carbonyl (C=O) groups excluding carboxylic acids is 1. The van der Waals surface area contributed by atoms with Crippen molar-refractivity contribution < 1.29 is 9.90 Å². The highest BCUT2D eigenvalue weighted by Crippen LogP contribution is 2.12. The topological polar surface area (TPSA) is 61.4 Å². The van der Waals surface area contributed by atoms with Crippen LogP contribution in [0.15, 0.2) is 24.3 Å². The van der Waals surface area contributed by atoms with Crippen molar-refractivity contribution in [2.75, 3.05) is 11.9 Å². The molecule has 0 saturated carbocycles. The van der Waals surface area contributed by atoms with Gasteiger partial charge in [-0.1, -0.05) is 38.8 Å². The van der Waals surface area contributed by atoms with Crippen molar-refractivity contribution in [3.8, 4) is 0 Å². The summed E-state index contributed by atoms with van der Waals surface area (Å²) in [6, 6.07) is 7.32. The van der Waals surface area contributed by atoms with Crippen molar-refractivity contribution >= 4 is 11.7 Å². The Morgan fingerprint density at radius 2 is 2.00 bits per heavy atom. The fourth-order valence-electron chi connectivity index (χ4n) is 2.09. The van der Waals surface area contributed by atoms with Crippen LogP contribution < -0.4 is 10.6 Å². The summed E-state index contributed by atoms with van der Waals surface area (Å²) < 4.78 is 0. The molecule has 0 aliphatic carbocycles. The Hall–Kier alpha value is -1.55. The molecule has 0 aromatic heterocycles. The van der Waals surface area contributed by atoms with E-state index in [0.29, 0.717) is 0 Å². The number of urea groups is 1. The number of amides is 2. The van der Waals surface area contributed by atoms with E-state index in [-0.39, 0.29) is 18.5 Å². The van der Waals surface area contributed by atoms with Crippen LogP contribution >= 0.6 is 0 Å². The van der Waals surface area contributed by atoms with Crippen LogP contribution in [0.25, 0.3) is 0 Å². The number of aliphatic hydroxyl groups is 1. The fourth-order valence-corrected chi connectivity index (χ4v) is 2.09. The quantitative estimate of drug-likeness (QED) is 0.740. The van der Waals surface area contributed by atoms with Gasteiger partial charge in [-0.2, -0.15) is 0 Å². The summed E-state index contributed by atoms with van der Waals surface area (Å²) in [5.74, 6) is 0.235. The summed E-state index contributed by atoms with van der Waals surface area (Å²) in [5, 5.41) is 15.4. The Kier molecular flexibility index (Phi) is 6.36. The minimum absolute atomic E-state index is 0.235. The average molecular weight is 264 g/mol. The number of anilines is 1. The Morgan fingerprint density at radius 3 is 2.58 bits per heavy atom. The zero-order valence-corrected chi connectivity index (χ0v) is 11.9. The van der Waals surface area contributed by atoms with Crippen LogP contribution in [0, 0.1) is 12.8 Å². The molecule has 3 N–H and O–H groups in total. The van der Waals surface area contributed by atoms with Crippen LogP contribution in [0.3, 0.4) is 0 Å². The molecule has 4 nitrogen and oxygen atoms in total. The lowest BCUT2D eigenvalue weighted by molar-refractivity contribution is 0.104. The van der Waals surface area contributed by atoms with Gasteiger partial charge < -0.3 is 15.7 Å². The van der Waals surface area contributed by atoms with Gasteiger partial charge in [-0.3, -0.25) is 0 Å². The van der Waals surface area contributed by atoms with E-state index >= 15 is 0 Å². The van der Waals surface area contributed by atoms with E-state index < -0.39 is 6.10 Å². The van der Waals surface area contributed by atoms with Crippen LogP contribution in [0.5, 0.6) is 0 Å². The van der Waals surface area contributed by atoms with Gasteiger partial charge in [0.1, 0.15) is 0 Å². The number of carbonyl (C=O) groups is 1. The molecule has 0 aliphatic heterocycles. The smallest absolute Gasteiger partial charge is 0.319 e. The third-order valence-corrected chi connectivity index (χ3v) is 3.34. The Morgan fingerprint density at radius 1 is 1.32 bits per heavy atom. The number of benzene rings is 1. The molecule has 19 heavy (non-hydrogen) atoms. The Balaban J connectivity index is 2.39. The standard InChI is InChI=1S/C15H24N2O2/c1-4-12(5-2)14(18)10-16-15(19)17-13-8-6-7-11(3)9-13/h6-9,12,14,18H,4-5,10H2,1-3H3,(H2,16,17,19). The summed E-state index contributed by atoms with van der Waals surface area (Å²) in [6.07, 6.45) is 1.34.